The van der Waals surface area contributed by atoms with Crippen molar-refractivity contribution < 1.29 is 9.18 Å². The zero-order valence-corrected chi connectivity index (χ0v) is 14.0. The molecule has 3 aromatic rings. The summed E-state index contributed by atoms with van der Waals surface area (Å²) in [5.74, 6) is -0.984. The highest BCUT2D eigenvalue weighted by atomic mass is 19.1. The van der Waals surface area contributed by atoms with Gasteiger partial charge in [0.25, 0.3) is 5.91 Å². The molecule has 0 aliphatic rings. The number of halogens is 1. The summed E-state index contributed by atoms with van der Waals surface area (Å²) in [7, 11) is 1.50. The SMILES string of the molecule is Cc1ccc(-c2cc(C(=O)NN=Cc3c(C)nn(C)c3F)[nH]n2)cc1. The molecule has 0 saturated heterocycles. The van der Waals surface area contributed by atoms with Gasteiger partial charge < -0.3 is 0 Å². The van der Waals surface area contributed by atoms with Gasteiger partial charge in [-0.3, -0.25) is 9.89 Å². The average molecular weight is 340 g/mol. The number of carbonyl (C=O) groups is 1. The van der Waals surface area contributed by atoms with Crippen molar-refractivity contribution in [3.05, 3.63) is 58.8 Å². The number of hydrazone groups is 1. The number of H-pyrrole nitrogens is 1. The highest BCUT2D eigenvalue weighted by Crippen LogP contribution is 2.18. The Kier molecular flexibility index (Phi) is 4.42. The molecule has 1 amide bonds. The van der Waals surface area contributed by atoms with Crippen LogP contribution in [0.2, 0.25) is 0 Å². The number of benzene rings is 1. The van der Waals surface area contributed by atoms with Gasteiger partial charge in [-0.05, 0) is 19.9 Å². The standard InChI is InChI=1S/C17H17FN6O/c1-10-4-6-12(7-5-10)14-8-15(21-20-14)17(25)22-19-9-13-11(2)23-24(3)16(13)18/h4-9H,1-3H3,(H,20,21)(H,22,25). The first kappa shape index (κ1) is 16.6. The van der Waals surface area contributed by atoms with Gasteiger partial charge >= 0.3 is 0 Å². The molecule has 0 radical (unpaired) electrons. The largest absolute Gasteiger partial charge is 0.289 e. The Balaban J connectivity index is 1.70. The molecule has 0 atom stereocenters. The lowest BCUT2D eigenvalue weighted by Crippen LogP contribution is -2.18. The number of hydrogen-bond acceptors (Lipinski definition) is 4. The smallest absolute Gasteiger partial charge is 0.272 e. The van der Waals surface area contributed by atoms with Crippen LogP contribution in [-0.2, 0) is 7.05 Å². The fourth-order valence-corrected chi connectivity index (χ4v) is 2.32. The van der Waals surface area contributed by atoms with E-state index in [2.05, 4.69) is 25.8 Å². The van der Waals surface area contributed by atoms with Crippen molar-refractivity contribution in [2.75, 3.05) is 0 Å². The maximum Gasteiger partial charge on any atom is 0.289 e. The molecular weight excluding hydrogens is 323 g/mol. The van der Waals surface area contributed by atoms with E-state index in [-0.39, 0.29) is 11.3 Å². The topological polar surface area (TPSA) is 88.0 Å². The van der Waals surface area contributed by atoms with E-state index < -0.39 is 11.9 Å². The van der Waals surface area contributed by atoms with Crippen molar-refractivity contribution in [2.45, 2.75) is 13.8 Å². The van der Waals surface area contributed by atoms with E-state index in [1.54, 1.807) is 13.0 Å². The molecule has 7 nitrogen and oxygen atoms in total. The first-order valence-electron chi connectivity index (χ1n) is 7.60. The van der Waals surface area contributed by atoms with Crippen molar-refractivity contribution in [1.29, 1.82) is 0 Å². The van der Waals surface area contributed by atoms with E-state index in [1.807, 2.05) is 31.2 Å². The zero-order chi connectivity index (χ0) is 18.0. The lowest BCUT2D eigenvalue weighted by molar-refractivity contribution is 0.0950. The second-order valence-electron chi connectivity index (χ2n) is 5.65. The number of hydrogen-bond donors (Lipinski definition) is 2. The summed E-state index contributed by atoms with van der Waals surface area (Å²) >= 11 is 0. The monoisotopic (exact) mass is 340 g/mol. The number of nitrogens with one attached hydrogen (secondary N) is 2. The van der Waals surface area contributed by atoms with Crippen LogP contribution in [0.3, 0.4) is 0 Å². The molecule has 0 aliphatic carbocycles. The molecule has 3 rings (SSSR count). The van der Waals surface area contributed by atoms with Crippen LogP contribution >= 0.6 is 0 Å². The van der Waals surface area contributed by atoms with Gasteiger partial charge in [0.05, 0.1) is 23.2 Å². The molecule has 0 unspecified atom stereocenters. The fraction of sp³-hybridized carbons (Fsp3) is 0.176. The maximum atomic E-state index is 13.8. The summed E-state index contributed by atoms with van der Waals surface area (Å²) < 4.78 is 14.9. The number of amides is 1. The quantitative estimate of drug-likeness (QED) is 0.564. The number of aryl methyl sites for hydroxylation is 3. The predicted octanol–water partition coefficient (Wildman–Crippen LogP) is 2.33. The Hall–Kier alpha value is -3.29. The Labute approximate surface area is 143 Å². The van der Waals surface area contributed by atoms with E-state index >= 15 is 0 Å². The maximum absolute atomic E-state index is 13.8. The van der Waals surface area contributed by atoms with Crippen molar-refractivity contribution in [1.82, 2.24) is 25.4 Å². The minimum atomic E-state index is -0.515. The number of carbonyl (C=O) groups excluding carboxylic acids is 1. The zero-order valence-electron chi connectivity index (χ0n) is 14.0. The van der Waals surface area contributed by atoms with E-state index in [9.17, 15) is 9.18 Å². The third-order valence-corrected chi connectivity index (χ3v) is 3.73. The summed E-state index contributed by atoms with van der Waals surface area (Å²) in [5.41, 5.74) is 6.02. The summed E-state index contributed by atoms with van der Waals surface area (Å²) in [5, 5.41) is 14.5. The number of nitrogens with zero attached hydrogens (tertiary/aromatic N) is 4. The van der Waals surface area contributed by atoms with E-state index in [0.717, 1.165) is 15.8 Å². The summed E-state index contributed by atoms with van der Waals surface area (Å²) in [6, 6.07) is 9.43. The highest BCUT2D eigenvalue weighted by Gasteiger charge is 2.12. The minimum absolute atomic E-state index is 0.229. The van der Waals surface area contributed by atoms with Crippen LogP contribution in [0, 0.1) is 19.8 Å². The molecule has 2 N–H and O–H groups in total. The van der Waals surface area contributed by atoms with Crippen LogP contribution in [0.15, 0.2) is 35.4 Å². The van der Waals surface area contributed by atoms with Crippen molar-refractivity contribution >= 4 is 12.1 Å². The van der Waals surface area contributed by atoms with Gasteiger partial charge in [-0.25, -0.2) is 10.1 Å². The second kappa shape index (κ2) is 6.68. The van der Waals surface area contributed by atoms with Crippen LogP contribution in [0.5, 0.6) is 0 Å². The summed E-state index contributed by atoms with van der Waals surface area (Å²) in [4.78, 5) is 12.1. The molecule has 0 bridgehead atoms. The molecular formula is C17H17FN6O. The van der Waals surface area contributed by atoms with Crippen molar-refractivity contribution in [3.63, 3.8) is 0 Å². The van der Waals surface area contributed by atoms with Crippen LogP contribution in [-0.4, -0.2) is 32.1 Å². The van der Waals surface area contributed by atoms with Gasteiger partial charge in [0.15, 0.2) is 0 Å². The lowest BCUT2D eigenvalue weighted by atomic mass is 10.1. The molecule has 128 valence electrons. The molecule has 0 aliphatic heterocycles. The number of rotatable bonds is 4. The first-order chi connectivity index (χ1) is 12.0. The molecule has 2 heterocycles. The lowest BCUT2D eigenvalue weighted by Gasteiger charge is -1.96. The van der Waals surface area contributed by atoms with Crippen LogP contribution in [0.25, 0.3) is 11.3 Å². The molecule has 2 aromatic heterocycles. The summed E-state index contributed by atoms with van der Waals surface area (Å²) in [6.45, 7) is 3.66. The normalized spacial score (nSPS) is 11.2. The molecule has 0 spiro atoms. The van der Waals surface area contributed by atoms with Gasteiger partial charge in [-0.2, -0.15) is 19.7 Å². The molecule has 1 aromatic carbocycles. The number of aromatic nitrogens is 4. The van der Waals surface area contributed by atoms with E-state index in [0.29, 0.717) is 11.4 Å². The van der Waals surface area contributed by atoms with Crippen LogP contribution in [0.4, 0.5) is 4.39 Å². The third-order valence-electron chi connectivity index (χ3n) is 3.73. The van der Waals surface area contributed by atoms with Gasteiger partial charge in [0.1, 0.15) is 5.69 Å². The third kappa shape index (κ3) is 3.47. The molecule has 0 saturated carbocycles. The predicted molar refractivity (Wildman–Crippen MR) is 91.7 cm³/mol. The molecule has 8 heteroatoms. The molecule has 25 heavy (non-hydrogen) atoms. The number of aromatic amines is 1. The first-order valence-corrected chi connectivity index (χ1v) is 7.60. The van der Waals surface area contributed by atoms with Gasteiger partial charge in [-0.1, -0.05) is 29.8 Å². The van der Waals surface area contributed by atoms with Crippen LogP contribution in [0.1, 0.15) is 27.3 Å². The van der Waals surface area contributed by atoms with Gasteiger partial charge in [-0.15, -0.1) is 0 Å². The Morgan fingerprint density at radius 2 is 2.04 bits per heavy atom. The van der Waals surface area contributed by atoms with E-state index in [1.165, 1.54) is 13.3 Å². The highest BCUT2D eigenvalue weighted by molar-refractivity contribution is 5.94. The Morgan fingerprint density at radius 1 is 1.32 bits per heavy atom. The molecule has 0 fully saturated rings. The summed E-state index contributed by atoms with van der Waals surface area (Å²) in [6.07, 6.45) is 1.23. The van der Waals surface area contributed by atoms with E-state index in [4.69, 9.17) is 0 Å². The van der Waals surface area contributed by atoms with Crippen LogP contribution < -0.4 is 5.43 Å². The van der Waals surface area contributed by atoms with Gasteiger partial charge in [0, 0.05) is 12.6 Å². The second-order valence-corrected chi connectivity index (χ2v) is 5.65. The minimum Gasteiger partial charge on any atom is -0.272 e. The fourth-order valence-electron chi connectivity index (χ4n) is 2.32. The van der Waals surface area contributed by atoms with Crippen molar-refractivity contribution in [3.8, 4) is 11.3 Å². The Morgan fingerprint density at radius 3 is 2.68 bits per heavy atom. The van der Waals surface area contributed by atoms with Gasteiger partial charge in [0.2, 0.25) is 5.95 Å². The van der Waals surface area contributed by atoms with Crippen molar-refractivity contribution in [2.24, 2.45) is 12.1 Å². The average Bonchev–Trinajstić information content (AvgIpc) is 3.16. The Bertz CT molecular complexity index is 939.